The van der Waals surface area contributed by atoms with Crippen molar-refractivity contribution < 1.29 is 14.5 Å². The van der Waals surface area contributed by atoms with Gasteiger partial charge in [-0.2, -0.15) is 5.26 Å². The van der Waals surface area contributed by atoms with Crippen molar-refractivity contribution in [3.63, 3.8) is 0 Å². The van der Waals surface area contributed by atoms with E-state index in [2.05, 4.69) is 6.07 Å². The summed E-state index contributed by atoms with van der Waals surface area (Å²) in [5.41, 5.74) is 1.00. The first-order valence-electron chi connectivity index (χ1n) is 5.83. The maximum Gasteiger partial charge on any atom is 0.346 e. The highest BCUT2D eigenvalue weighted by atomic mass is 16.4. The molecule has 0 radical (unpaired) electrons. The highest BCUT2D eigenvalue weighted by molar-refractivity contribution is 5.66. The fourth-order valence-electron chi connectivity index (χ4n) is 2.01. The molecule has 5 heteroatoms. The molecule has 17 heavy (non-hydrogen) atoms. The quantitative estimate of drug-likeness (QED) is 0.746. The van der Waals surface area contributed by atoms with Crippen LogP contribution in [0.2, 0.25) is 0 Å². The largest absolute Gasteiger partial charge is 0.478 e. The summed E-state index contributed by atoms with van der Waals surface area (Å²) in [5, 5.41) is 17.5. The summed E-state index contributed by atoms with van der Waals surface area (Å²) in [6.07, 6.45) is 3.95. The van der Waals surface area contributed by atoms with Crippen molar-refractivity contribution in [2.75, 3.05) is 0 Å². The van der Waals surface area contributed by atoms with Crippen LogP contribution in [0.25, 0.3) is 0 Å². The molecule has 0 aliphatic heterocycles. The predicted octanol–water partition coefficient (Wildman–Crippen LogP) is 0.899. The van der Waals surface area contributed by atoms with Gasteiger partial charge in [-0.15, -0.1) is 0 Å². The lowest BCUT2D eigenvalue weighted by Crippen LogP contribution is -2.37. The van der Waals surface area contributed by atoms with Crippen molar-refractivity contribution >= 4 is 5.97 Å². The van der Waals surface area contributed by atoms with Crippen molar-refractivity contribution in [2.24, 2.45) is 0 Å². The molecule has 0 spiro atoms. The Bertz CT molecular complexity index is 443. The van der Waals surface area contributed by atoms with E-state index in [0.29, 0.717) is 13.0 Å². The standard InChI is InChI=1S/C12H17N3O2/c1-3-10-8-14(7-5-6-13)11(4-2)15(10)9-12(16)17/h8H,3-5,7,9H2,1-2H3/p+1. The third-order valence-corrected chi connectivity index (χ3v) is 2.73. The van der Waals surface area contributed by atoms with Gasteiger partial charge in [0.2, 0.25) is 0 Å². The van der Waals surface area contributed by atoms with E-state index in [1.807, 2.05) is 29.2 Å². The molecule has 1 rings (SSSR count). The van der Waals surface area contributed by atoms with Gasteiger partial charge in [0.05, 0.1) is 12.5 Å². The molecule has 0 atom stereocenters. The number of aliphatic carboxylic acids is 1. The summed E-state index contributed by atoms with van der Waals surface area (Å²) in [4.78, 5) is 10.8. The Labute approximate surface area is 101 Å². The number of carbonyl (C=O) groups is 1. The number of rotatable bonds is 6. The summed E-state index contributed by atoms with van der Waals surface area (Å²) < 4.78 is 3.82. The molecule has 5 nitrogen and oxygen atoms in total. The van der Waals surface area contributed by atoms with E-state index in [4.69, 9.17) is 10.4 Å². The summed E-state index contributed by atoms with van der Waals surface area (Å²) in [6, 6.07) is 2.11. The number of carboxylic acids is 1. The summed E-state index contributed by atoms with van der Waals surface area (Å²) >= 11 is 0. The van der Waals surface area contributed by atoms with Crippen LogP contribution in [0.1, 0.15) is 31.8 Å². The van der Waals surface area contributed by atoms with E-state index in [-0.39, 0.29) is 6.54 Å². The number of aryl methyl sites for hydroxylation is 2. The van der Waals surface area contributed by atoms with E-state index in [0.717, 1.165) is 24.4 Å². The van der Waals surface area contributed by atoms with E-state index in [1.165, 1.54) is 0 Å². The van der Waals surface area contributed by atoms with Crippen molar-refractivity contribution in [1.29, 1.82) is 5.26 Å². The Morgan fingerprint density at radius 2 is 2.24 bits per heavy atom. The molecule has 1 heterocycles. The highest BCUT2D eigenvalue weighted by Gasteiger charge is 2.22. The lowest BCUT2D eigenvalue weighted by atomic mass is 10.3. The Balaban J connectivity index is 3.11. The van der Waals surface area contributed by atoms with Gasteiger partial charge < -0.3 is 5.11 Å². The highest BCUT2D eigenvalue weighted by Crippen LogP contribution is 2.06. The topological polar surface area (TPSA) is 69.9 Å². The van der Waals surface area contributed by atoms with Crippen molar-refractivity contribution in [1.82, 2.24) is 4.57 Å². The van der Waals surface area contributed by atoms with Crippen LogP contribution in [0.15, 0.2) is 6.20 Å². The summed E-state index contributed by atoms with van der Waals surface area (Å²) in [5.74, 6) is 0.136. The number of aromatic nitrogens is 2. The minimum absolute atomic E-state index is 0.00804. The Morgan fingerprint density at radius 3 is 2.71 bits per heavy atom. The van der Waals surface area contributed by atoms with Crippen molar-refractivity contribution in [2.45, 2.75) is 46.2 Å². The van der Waals surface area contributed by atoms with Gasteiger partial charge in [-0.05, 0) is 0 Å². The Morgan fingerprint density at radius 1 is 1.53 bits per heavy atom. The molecule has 0 saturated heterocycles. The Hall–Kier alpha value is -1.83. The molecule has 1 aromatic rings. The first-order valence-corrected chi connectivity index (χ1v) is 5.83. The smallest absolute Gasteiger partial charge is 0.346 e. The molecule has 92 valence electrons. The van der Waals surface area contributed by atoms with Gasteiger partial charge in [0.1, 0.15) is 18.4 Å². The minimum Gasteiger partial charge on any atom is -0.478 e. The third kappa shape index (κ3) is 3.06. The fourth-order valence-corrected chi connectivity index (χ4v) is 2.01. The van der Waals surface area contributed by atoms with Gasteiger partial charge in [0.25, 0.3) is 5.82 Å². The number of hydrogen-bond donors (Lipinski definition) is 1. The molecule has 1 aromatic heterocycles. The molecule has 0 bridgehead atoms. The van der Waals surface area contributed by atoms with Crippen LogP contribution in [-0.4, -0.2) is 15.6 Å². The number of carboxylic acid groups (broad SMARTS) is 1. The first-order chi connectivity index (χ1) is 8.13. The van der Waals surface area contributed by atoms with Crippen LogP contribution in [0.3, 0.4) is 0 Å². The average molecular weight is 236 g/mol. The normalized spacial score (nSPS) is 10.2. The van der Waals surface area contributed by atoms with Crippen molar-refractivity contribution in [3.05, 3.63) is 17.7 Å². The van der Waals surface area contributed by atoms with Crippen LogP contribution >= 0.6 is 0 Å². The van der Waals surface area contributed by atoms with E-state index in [9.17, 15) is 4.79 Å². The molecule has 0 amide bonds. The molecular formula is C12H18N3O2+. The number of imidazole rings is 1. The van der Waals surface area contributed by atoms with E-state index >= 15 is 0 Å². The predicted molar refractivity (Wildman–Crippen MR) is 61.2 cm³/mol. The molecule has 0 fully saturated rings. The van der Waals surface area contributed by atoms with Gasteiger partial charge >= 0.3 is 5.97 Å². The molecular weight excluding hydrogens is 218 g/mol. The average Bonchev–Trinajstić information content (AvgIpc) is 2.62. The van der Waals surface area contributed by atoms with Crippen LogP contribution in [0, 0.1) is 11.3 Å². The SMILES string of the molecule is CCc1c[n+](CCC#N)c(CC)n1CC(=O)O. The number of hydrogen-bond acceptors (Lipinski definition) is 2. The van der Waals surface area contributed by atoms with Gasteiger partial charge in [0.15, 0.2) is 6.54 Å². The minimum atomic E-state index is -0.836. The molecule has 0 unspecified atom stereocenters. The second kappa shape index (κ2) is 6.04. The zero-order chi connectivity index (χ0) is 12.8. The number of nitriles is 1. The monoisotopic (exact) mass is 236 g/mol. The van der Waals surface area contributed by atoms with E-state index in [1.54, 1.807) is 0 Å². The lowest BCUT2D eigenvalue weighted by molar-refractivity contribution is -0.702. The van der Waals surface area contributed by atoms with Gasteiger partial charge in [0, 0.05) is 12.8 Å². The van der Waals surface area contributed by atoms with Crippen molar-refractivity contribution in [3.8, 4) is 6.07 Å². The second-order valence-corrected chi connectivity index (χ2v) is 3.83. The van der Waals surface area contributed by atoms with Crippen LogP contribution in [0.5, 0.6) is 0 Å². The second-order valence-electron chi connectivity index (χ2n) is 3.83. The Kier molecular flexibility index (Phi) is 4.70. The number of nitrogens with zero attached hydrogens (tertiary/aromatic N) is 3. The summed E-state index contributed by atoms with van der Waals surface area (Å²) in [6.45, 7) is 4.61. The zero-order valence-corrected chi connectivity index (χ0v) is 10.3. The van der Waals surface area contributed by atoms with Crippen LogP contribution in [0.4, 0.5) is 0 Å². The first kappa shape index (κ1) is 13.2. The van der Waals surface area contributed by atoms with Gasteiger partial charge in [-0.25, -0.2) is 13.9 Å². The van der Waals surface area contributed by atoms with E-state index < -0.39 is 5.97 Å². The van der Waals surface area contributed by atoms with Crippen LogP contribution in [-0.2, 0) is 30.7 Å². The zero-order valence-electron chi connectivity index (χ0n) is 10.3. The molecule has 0 saturated carbocycles. The molecule has 0 aromatic carbocycles. The van der Waals surface area contributed by atoms with Gasteiger partial charge in [-0.1, -0.05) is 13.8 Å². The fraction of sp³-hybridized carbons (Fsp3) is 0.583. The van der Waals surface area contributed by atoms with Crippen LogP contribution < -0.4 is 4.57 Å². The lowest BCUT2D eigenvalue weighted by Gasteiger charge is -2.01. The van der Waals surface area contributed by atoms with Gasteiger partial charge in [-0.3, -0.25) is 0 Å². The maximum atomic E-state index is 10.8. The molecule has 0 aliphatic rings. The third-order valence-electron chi connectivity index (χ3n) is 2.73. The summed E-state index contributed by atoms with van der Waals surface area (Å²) in [7, 11) is 0. The maximum absolute atomic E-state index is 10.8. The molecule has 1 N–H and O–H groups in total. The molecule has 0 aliphatic carbocycles.